The summed E-state index contributed by atoms with van der Waals surface area (Å²) in [4.78, 5) is 13.2. The van der Waals surface area contributed by atoms with E-state index in [-0.39, 0.29) is 12.1 Å². The molecule has 0 aromatic heterocycles. The lowest BCUT2D eigenvalue weighted by Crippen LogP contribution is -2.14. The number of thioether (sulfide) groups is 1. The van der Waals surface area contributed by atoms with Gasteiger partial charge in [0.15, 0.2) is 6.10 Å². The van der Waals surface area contributed by atoms with Crippen LogP contribution in [0, 0.1) is 0 Å². The zero-order chi connectivity index (χ0) is 14.8. The van der Waals surface area contributed by atoms with Gasteiger partial charge in [0.05, 0.1) is 0 Å². The molecule has 1 aliphatic heterocycles. The quantitative estimate of drug-likeness (QED) is 0.603. The summed E-state index contributed by atoms with van der Waals surface area (Å²) in [5, 5.41) is 0. The molecule has 0 saturated heterocycles. The second-order valence-corrected chi connectivity index (χ2v) is 6.11. The number of ether oxygens (including phenoxy) is 1. The summed E-state index contributed by atoms with van der Waals surface area (Å²) in [6.45, 7) is 5.35. The smallest absolute Gasteiger partial charge is 0.334 e. The largest absolute Gasteiger partial charge is 0.449 e. The molecule has 2 nitrogen and oxygen atoms in total. The van der Waals surface area contributed by atoms with E-state index in [2.05, 4.69) is 18.7 Å². The van der Waals surface area contributed by atoms with E-state index >= 15 is 0 Å². The number of esters is 1. The highest BCUT2D eigenvalue weighted by Crippen LogP contribution is 2.41. The van der Waals surface area contributed by atoms with Gasteiger partial charge in [0, 0.05) is 27.3 Å². The molecule has 0 aliphatic carbocycles. The maximum Gasteiger partial charge on any atom is 0.334 e. The Labute approximate surface area is 128 Å². The molecule has 0 spiro atoms. The number of benzene rings is 2. The van der Waals surface area contributed by atoms with Crippen molar-refractivity contribution in [1.82, 2.24) is 0 Å². The van der Waals surface area contributed by atoms with Gasteiger partial charge in [0.25, 0.3) is 0 Å². The molecule has 106 valence electrons. The summed E-state index contributed by atoms with van der Waals surface area (Å²) < 4.78 is 5.73. The average molecular weight is 296 g/mol. The zero-order valence-electron chi connectivity index (χ0n) is 11.8. The Morgan fingerprint density at radius 1 is 1.14 bits per heavy atom. The van der Waals surface area contributed by atoms with Gasteiger partial charge in [-0.3, -0.25) is 0 Å². The van der Waals surface area contributed by atoms with E-state index in [4.69, 9.17) is 4.74 Å². The lowest BCUT2D eigenvalue weighted by Gasteiger charge is -2.20. The number of fused-ring (bicyclic) bond motifs is 2. The lowest BCUT2D eigenvalue weighted by atomic mass is 9.97. The van der Waals surface area contributed by atoms with E-state index < -0.39 is 0 Å². The van der Waals surface area contributed by atoms with E-state index in [1.54, 1.807) is 18.7 Å². The van der Waals surface area contributed by atoms with Crippen LogP contribution in [0.4, 0.5) is 0 Å². The van der Waals surface area contributed by atoms with Crippen LogP contribution in [0.1, 0.15) is 29.7 Å². The van der Waals surface area contributed by atoms with Crippen molar-refractivity contribution < 1.29 is 9.53 Å². The predicted octanol–water partition coefficient (Wildman–Crippen LogP) is 4.50. The normalized spacial score (nSPS) is 16.3. The minimum absolute atomic E-state index is 0.350. The number of carbonyl (C=O) groups is 1. The van der Waals surface area contributed by atoms with Crippen LogP contribution in [0.15, 0.2) is 65.6 Å². The van der Waals surface area contributed by atoms with Gasteiger partial charge in [0.1, 0.15) is 0 Å². The molecule has 0 bridgehead atoms. The molecule has 0 fully saturated rings. The highest BCUT2D eigenvalue weighted by atomic mass is 32.2. The fourth-order valence-electron chi connectivity index (χ4n) is 2.41. The highest BCUT2D eigenvalue weighted by Gasteiger charge is 2.26. The minimum atomic E-state index is -0.364. The van der Waals surface area contributed by atoms with Crippen LogP contribution in [0.25, 0.3) is 0 Å². The third-order valence-electron chi connectivity index (χ3n) is 3.50. The van der Waals surface area contributed by atoms with E-state index in [1.165, 1.54) is 5.56 Å². The molecule has 0 N–H and O–H groups in total. The maximum atomic E-state index is 12.0. The molecule has 0 amide bonds. The SMILES string of the molecule is C=C(C)C(=O)OC1c2ccccc2CSc2ccccc21. The highest BCUT2D eigenvalue weighted by molar-refractivity contribution is 7.98. The predicted molar refractivity (Wildman–Crippen MR) is 85.2 cm³/mol. The third kappa shape index (κ3) is 2.74. The van der Waals surface area contributed by atoms with Gasteiger partial charge in [0.2, 0.25) is 0 Å². The van der Waals surface area contributed by atoms with Crippen LogP contribution in [-0.4, -0.2) is 5.97 Å². The lowest BCUT2D eigenvalue weighted by molar-refractivity contribution is -0.142. The molecule has 2 aromatic carbocycles. The van der Waals surface area contributed by atoms with Crippen LogP contribution in [-0.2, 0) is 15.3 Å². The molecule has 3 rings (SSSR count). The molecule has 2 aromatic rings. The molecule has 3 heteroatoms. The van der Waals surface area contributed by atoms with Gasteiger partial charge >= 0.3 is 5.97 Å². The Morgan fingerprint density at radius 2 is 1.81 bits per heavy atom. The summed E-state index contributed by atoms with van der Waals surface area (Å²) in [6.07, 6.45) is -0.364. The molecule has 1 atom stereocenters. The topological polar surface area (TPSA) is 26.3 Å². The minimum Gasteiger partial charge on any atom is -0.449 e. The van der Waals surface area contributed by atoms with Crippen LogP contribution in [0.5, 0.6) is 0 Å². The average Bonchev–Trinajstić information content (AvgIpc) is 2.65. The van der Waals surface area contributed by atoms with Gasteiger partial charge in [-0.15, -0.1) is 11.8 Å². The van der Waals surface area contributed by atoms with E-state index in [0.717, 1.165) is 21.8 Å². The van der Waals surface area contributed by atoms with Crippen LogP contribution >= 0.6 is 11.8 Å². The van der Waals surface area contributed by atoms with Crippen molar-refractivity contribution in [3.8, 4) is 0 Å². The molecular formula is C18H16O2S. The van der Waals surface area contributed by atoms with E-state index in [0.29, 0.717) is 5.57 Å². The van der Waals surface area contributed by atoms with Gasteiger partial charge in [-0.05, 0) is 18.6 Å². The van der Waals surface area contributed by atoms with Crippen LogP contribution in [0.3, 0.4) is 0 Å². The second-order valence-electron chi connectivity index (χ2n) is 5.09. The Bertz CT molecular complexity index is 658. The fraction of sp³-hybridized carbons (Fsp3) is 0.167. The van der Waals surface area contributed by atoms with Crippen LogP contribution in [0.2, 0.25) is 0 Å². The first kappa shape index (κ1) is 14.0. The summed E-state index contributed by atoms with van der Waals surface area (Å²) >= 11 is 1.78. The summed E-state index contributed by atoms with van der Waals surface area (Å²) in [5.41, 5.74) is 3.73. The number of hydrogen-bond acceptors (Lipinski definition) is 3. The van der Waals surface area contributed by atoms with E-state index in [9.17, 15) is 4.79 Å². The monoisotopic (exact) mass is 296 g/mol. The Kier molecular flexibility index (Phi) is 3.84. The van der Waals surface area contributed by atoms with Crippen molar-refractivity contribution in [2.24, 2.45) is 0 Å². The molecule has 1 heterocycles. The standard InChI is InChI=1S/C18H16O2S/c1-12(2)18(19)20-17-14-8-4-3-7-13(14)11-21-16-10-6-5-9-15(16)17/h3-10,17H,1,11H2,2H3. The zero-order valence-corrected chi connectivity index (χ0v) is 12.7. The molecule has 21 heavy (non-hydrogen) atoms. The number of carbonyl (C=O) groups excluding carboxylic acids is 1. The fourth-order valence-corrected chi connectivity index (χ4v) is 3.50. The second kappa shape index (κ2) is 5.78. The number of rotatable bonds is 2. The first-order valence-corrected chi connectivity index (χ1v) is 7.81. The molecule has 1 aliphatic rings. The van der Waals surface area contributed by atoms with Crippen molar-refractivity contribution in [2.45, 2.75) is 23.7 Å². The van der Waals surface area contributed by atoms with Crippen molar-refractivity contribution >= 4 is 17.7 Å². The Balaban J connectivity index is 2.11. The first-order chi connectivity index (χ1) is 10.2. The summed E-state index contributed by atoms with van der Waals surface area (Å²) in [6, 6.07) is 16.2. The van der Waals surface area contributed by atoms with Gasteiger partial charge < -0.3 is 4.74 Å². The van der Waals surface area contributed by atoms with Crippen molar-refractivity contribution in [2.75, 3.05) is 0 Å². The Hall–Kier alpha value is -2.00. The van der Waals surface area contributed by atoms with Crippen molar-refractivity contribution in [3.05, 3.63) is 77.4 Å². The van der Waals surface area contributed by atoms with Crippen molar-refractivity contribution in [3.63, 3.8) is 0 Å². The van der Waals surface area contributed by atoms with Gasteiger partial charge in [-0.25, -0.2) is 4.79 Å². The van der Waals surface area contributed by atoms with Gasteiger partial charge in [-0.1, -0.05) is 49.0 Å². The molecule has 1 unspecified atom stereocenters. The summed E-state index contributed by atoms with van der Waals surface area (Å²) in [7, 11) is 0. The summed E-state index contributed by atoms with van der Waals surface area (Å²) in [5.74, 6) is 0.533. The molecule has 0 saturated carbocycles. The molecular weight excluding hydrogens is 280 g/mol. The maximum absolute atomic E-state index is 12.0. The Morgan fingerprint density at radius 3 is 2.57 bits per heavy atom. The first-order valence-electron chi connectivity index (χ1n) is 6.83. The van der Waals surface area contributed by atoms with E-state index in [1.807, 2.05) is 36.4 Å². The van der Waals surface area contributed by atoms with Crippen LogP contribution < -0.4 is 0 Å². The number of hydrogen-bond donors (Lipinski definition) is 0. The van der Waals surface area contributed by atoms with Gasteiger partial charge in [-0.2, -0.15) is 0 Å². The van der Waals surface area contributed by atoms with Crippen molar-refractivity contribution in [1.29, 1.82) is 0 Å². The third-order valence-corrected chi connectivity index (χ3v) is 4.63. The molecule has 0 radical (unpaired) electrons.